The Morgan fingerprint density at radius 2 is 1.78 bits per heavy atom. The minimum absolute atomic E-state index is 0.158. The van der Waals surface area contributed by atoms with Gasteiger partial charge in [0.05, 0.1) is 17.1 Å². The molecular formula is C15H8F3N3O2. The lowest BCUT2D eigenvalue weighted by Crippen LogP contribution is -2.05. The molecule has 0 spiro atoms. The monoisotopic (exact) mass is 319 g/mol. The van der Waals surface area contributed by atoms with Crippen molar-refractivity contribution in [1.82, 2.24) is 14.8 Å². The van der Waals surface area contributed by atoms with Gasteiger partial charge in [-0.1, -0.05) is 6.07 Å². The van der Waals surface area contributed by atoms with E-state index >= 15 is 0 Å². The summed E-state index contributed by atoms with van der Waals surface area (Å²) in [7, 11) is 0. The molecule has 23 heavy (non-hydrogen) atoms. The number of halogens is 3. The Morgan fingerprint density at radius 3 is 2.35 bits per heavy atom. The van der Waals surface area contributed by atoms with Crippen LogP contribution in [0.25, 0.3) is 17.1 Å². The third kappa shape index (κ3) is 2.66. The van der Waals surface area contributed by atoms with Crippen molar-refractivity contribution in [3.8, 4) is 17.1 Å². The molecule has 0 aliphatic carbocycles. The molecule has 5 nitrogen and oxygen atoms in total. The summed E-state index contributed by atoms with van der Waals surface area (Å²) in [6.45, 7) is 0. The minimum Gasteiger partial charge on any atom is -0.476 e. The molecule has 2 aromatic heterocycles. The Morgan fingerprint density at radius 1 is 1.09 bits per heavy atom. The lowest BCUT2D eigenvalue weighted by Gasteiger charge is -2.08. The van der Waals surface area contributed by atoms with Gasteiger partial charge >= 0.3 is 5.97 Å². The second-order valence-electron chi connectivity index (χ2n) is 4.57. The molecule has 0 amide bonds. The van der Waals surface area contributed by atoms with Crippen LogP contribution < -0.4 is 0 Å². The van der Waals surface area contributed by atoms with E-state index in [1.165, 1.54) is 12.3 Å². The van der Waals surface area contributed by atoms with Gasteiger partial charge in [-0.3, -0.25) is 4.98 Å². The van der Waals surface area contributed by atoms with E-state index < -0.39 is 23.4 Å². The van der Waals surface area contributed by atoms with Crippen molar-refractivity contribution in [2.24, 2.45) is 0 Å². The van der Waals surface area contributed by atoms with E-state index in [9.17, 15) is 18.0 Å². The lowest BCUT2D eigenvalue weighted by atomic mass is 10.2. The van der Waals surface area contributed by atoms with E-state index in [0.717, 1.165) is 16.8 Å². The van der Waals surface area contributed by atoms with E-state index in [-0.39, 0.29) is 17.1 Å². The molecule has 116 valence electrons. The molecule has 1 aromatic carbocycles. The van der Waals surface area contributed by atoms with Crippen molar-refractivity contribution in [2.75, 3.05) is 0 Å². The molecule has 0 aliphatic rings. The predicted molar refractivity (Wildman–Crippen MR) is 73.6 cm³/mol. The average Bonchev–Trinajstić information content (AvgIpc) is 2.98. The highest BCUT2D eigenvalue weighted by Gasteiger charge is 2.19. The van der Waals surface area contributed by atoms with Gasteiger partial charge in [-0.15, -0.1) is 0 Å². The number of pyridine rings is 1. The van der Waals surface area contributed by atoms with Crippen molar-refractivity contribution in [3.05, 3.63) is 65.7 Å². The van der Waals surface area contributed by atoms with Gasteiger partial charge in [0, 0.05) is 24.4 Å². The molecule has 1 N–H and O–H groups in total. The highest BCUT2D eigenvalue weighted by Crippen LogP contribution is 2.24. The van der Waals surface area contributed by atoms with E-state index in [1.54, 1.807) is 18.2 Å². The number of carboxylic acid groups (broad SMARTS) is 1. The van der Waals surface area contributed by atoms with E-state index in [1.807, 2.05) is 0 Å². The van der Waals surface area contributed by atoms with Gasteiger partial charge in [-0.05, 0) is 12.1 Å². The van der Waals surface area contributed by atoms with Gasteiger partial charge in [-0.25, -0.2) is 22.6 Å². The Balaban J connectivity index is 2.24. The molecule has 3 aromatic rings. The van der Waals surface area contributed by atoms with Crippen LogP contribution in [-0.4, -0.2) is 25.8 Å². The quantitative estimate of drug-likeness (QED) is 0.753. The second kappa shape index (κ2) is 5.56. The number of hydrogen-bond donors (Lipinski definition) is 1. The molecule has 0 bridgehead atoms. The van der Waals surface area contributed by atoms with E-state index in [4.69, 9.17) is 5.11 Å². The summed E-state index contributed by atoms with van der Waals surface area (Å²) >= 11 is 0. The maximum Gasteiger partial charge on any atom is 0.356 e. The zero-order valence-corrected chi connectivity index (χ0v) is 11.4. The number of nitrogens with zero attached hydrogens (tertiary/aromatic N) is 3. The average molecular weight is 319 g/mol. The number of aromatic carboxylic acids is 1. The van der Waals surface area contributed by atoms with Crippen LogP contribution in [0.1, 0.15) is 10.5 Å². The standard InChI is InChI=1S/C15H8F3N3O2/c16-9-5-8(6-10(17)14(9)18)21-13(7-12(20-21)15(22)23)11-3-1-2-4-19-11/h1-7H,(H,22,23). The first-order valence-corrected chi connectivity index (χ1v) is 6.37. The van der Waals surface area contributed by atoms with Gasteiger partial charge in [-0.2, -0.15) is 5.10 Å². The summed E-state index contributed by atoms with van der Waals surface area (Å²) in [5, 5.41) is 12.9. The molecule has 3 rings (SSSR count). The molecule has 0 saturated carbocycles. The fourth-order valence-corrected chi connectivity index (χ4v) is 2.04. The molecular weight excluding hydrogens is 311 g/mol. The molecule has 0 aliphatic heterocycles. The summed E-state index contributed by atoms with van der Waals surface area (Å²) in [5.41, 5.74) is 0.0522. The van der Waals surface area contributed by atoms with Gasteiger partial charge in [0.25, 0.3) is 0 Å². The largest absolute Gasteiger partial charge is 0.476 e. The van der Waals surface area contributed by atoms with Gasteiger partial charge in [0.1, 0.15) is 0 Å². The first-order chi connectivity index (χ1) is 11.0. The second-order valence-corrected chi connectivity index (χ2v) is 4.57. The Kier molecular flexibility index (Phi) is 3.57. The van der Waals surface area contributed by atoms with Gasteiger partial charge < -0.3 is 5.11 Å². The van der Waals surface area contributed by atoms with Crippen LogP contribution in [0.5, 0.6) is 0 Å². The summed E-state index contributed by atoms with van der Waals surface area (Å²) in [6.07, 6.45) is 1.47. The molecule has 8 heteroatoms. The fraction of sp³-hybridized carbons (Fsp3) is 0. The van der Waals surface area contributed by atoms with Crippen molar-refractivity contribution in [2.45, 2.75) is 0 Å². The fourth-order valence-electron chi connectivity index (χ4n) is 2.04. The Labute approximate surface area is 127 Å². The number of aromatic nitrogens is 3. The molecule has 0 fully saturated rings. The lowest BCUT2D eigenvalue weighted by molar-refractivity contribution is 0.0690. The van der Waals surface area contributed by atoms with Crippen LogP contribution in [-0.2, 0) is 0 Å². The van der Waals surface area contributed by atoms with Crippen LogP contribution >= 0.6 is 0 Å². The number of carbonyl (C=O) groups is 1. The van der Waals surface area contributed by atoms with E-state index in [0.29, 0.717) is 5.69 Å². The molecule has 0 unspecified atom stereocenters. The van der Waals surface area contributed by atoms with Crippen LogP contribution in [0.3, 0.4) is 0 Å². The van der Waals surface area contributed by atoms with Crippen LogP contribution in [0.2, 0.25) is 0 Å². The number of carboxylic acids is 1. The maximum atomic E-state index is 13.4. The first kappa shape index (κ1) is 14.8. The normalized spacial score (nSPS) is 10.7. The first-order valence-electron chi connectivity index (χ1n) is 6.37. The summed E-state index contributed by atoms with van der Waals surface area (Å²) in [4.78, 5) is 15.2. The summed E-state index contributed by atoms with van der Waals surface area (Å²) < 4.78 is 41.0. The Hall–Kier alpha value is -3.16. The van der Waals surface area contributed by atoms with Crippen molar-refractivity contribution in [1.29, 1.82) is 0 Å². The van der Waals surface area contributed by atoms with Crippen molar-refractivity contribution >= 4 is 5.97 Å². The summed E-state index contributed by atoms with van der Waals surface area (Å²) in [5.74, 6) is -5.73. The predicted octanol–water partition coefficient (Wildman–Crippen LogP) is 3.05. The van der Waals surface area contributed by atoms with Crippen LogP contribution in [0.4, 0.5) is 13.2 Å². The number of hydrogen-bond acceptors (Lipinski definition) is 3. The molecule has 0 saturated heterocycles. The third-order valence-electron chi connectivity index (χ3n) is 3.07. The number of rotatable bonds is 3. The topological polar surface area (TPSA) is 68.0 Å². The molecule has 2 heterocycles. The van der Waals surface area contributed by atoms with E-state index in [2.05, 4.69) is 10.1 Å². The summed E-state index contributed by atoms with van der Waals surface area (Å²) in [6, 6.07) is 7.55. The zero-order valence-electron chi connectivity index (χ0n) is 11.4. The highest BCUT2D eigenvalue weighted by molar-refractivity contribution is 5.87. The molecule has 0 radical (unpaired) electrons. The van der Waals surface area contributed by atoms with Gasteiger partial charge in [0.2, 0.25) is 0 Å². The zero-order chi connectivity index (χ0) is 16.6. The SMILES string of the molecule is O=C(O)c1cc(-c2ccccn2)n(-c2cc(F)c(F)c(F)c2)n1. The van der Waals surface area contributed by atoms with Gasteiger partial charge in [0.15, 0.2) is 23.1 Å². The van der Waals surface area contributed by atoms with Crippen molar-refractivity contribution in [3.63, 3.8) is 0 Å². The smallest absolute Gasteiger partial charge is 0.356 e. The van der Waals surface area contributed by atoms with Crippen LogP contribution in [0, 0.1) is 17.5 Å². The Bertz CT molecular complexity index is 871. The minimum atomic E-state index is -1.61. The molecule has 0 atom stereocenters. The van der Waals surface area contributed by atoms with Crippen molar-refractivity contribution < 1.29 is 23.1 Å². The van der Waals surface area contributed by atoms with Crippen LogP contribution in [0.15, 0.2) is 42.6 Å². The maximum absolute atomic E-state index is 13.4. The number of benzene rings is 1. The third-order valence-corrected chi connectivity index (χ3v) is 3.07. The highest BCUT2D eigenvalue weighted by atomic mass is 19.2.